The van der Waals surface area contributed by atoms with Gasteiger partial charge in [-0.15, -0.1) is 0 Å². The first-order chi connectivity index (χ1) is 7.77. The molecule has 0 aromatic rings. The molecule has 1 heterocycles. The zero-order valence-corrected chi connectivity index (χ0v) is 9.89. The number of nitrogens with zero attached hydrogens (tertiary/aromatic N) is 6. The quantitative estimate of drug-likeness (QED) is 0.226. The minimum atomic E-state index is -2.61. The third kappa shape index (κ3) is 2.40. The predicted molar refractivity (Wildman–Crippen MR) is 54.5 cm³/mol. The van der Waals surface area contributed by atoms with Crippen molar-refractivity contribution < 1.29 is 14.8 Å². The maximum Gasteiger partial charge on any atom is 0.539 e. The third-order valence-electron chi connectivity index (χ3n) is 1.62. The van der Waals surface area contributed by atoms with E-state index in [9.17, 15) is 30.3 Å². The number of amidine groups is 1. The highest BCUT2D eigenvalue weighted by molar-refractivity contribution is 9.18. The maximum absolute atomic E-state index is 10.6. The molecular formula is C3H2BrClN6O6. The van der Waals surface area contributed by atoms with Gasteiger partial charge in [0.1, 0.15) is 9.85 Å². The highest BCUT2D eigenvalue weighted by Gasteiger charge is 2.57. The highest BCUT2D eigenvalue weighted by atomic mass is 79.9. The van der Waals surface area contributed by atoms with Gasteiger partial charge in [-0.1, -0.05) is 0 Å². The highest BCUT2D eigenvalue weighted by Crippen LogP contribution is 2.25. The zero-order valence-electron chi connectivity index (χ0n) is 7.54. The number of rotatable bonds is 4. The van der Waals surface area contributed by atoms with Crippen LogP contribution >= 0.6 is 27.7 Å². The molecule has 0 spiro atoms. The predicted octanol–water partition coefficient (Wildman–Crippen LogP) is -0.179. The molecule has 0 radical (unpaired) electrons. The lowest BCUT2D eigenvalue weighted by atomic mass is 10.7. The van der Waals surface area contributed by atoms with E-state index in [4.69, 9.17) is 11.8 Å². The summed E-state index contributed by atoms with van der Waals surface area (Å²) in [6.07, 6.45) is -4.65. The fourth-order valence-electron chi connectivity index (χ4n) is 1.01. The van der Waals surface area contributed by atoms with Crippen LogP contribution in [0.15, 0.2) is 4.99 Å². The summed E-state index contributed by atoms with van der Waals surface area (Å²) < 4.78 is -0.0291. The molecule has 17 heavy (non-hydrogen) atoms. The Morgan fingerprint density at radius 3 is 2.12 bits per heavy atom. The van der Waals surface area contributed by atoms with Gasteiger partial charge >= 0.3 is 12.6 Å². The molecule has 12 nitrogen and oxygen atoms in total. The van der Waals surface area contributed by atoms with E-state index in [1.807, 2.05) is 0 Å². The molecule has 0 amide bonds. The molecule has 0 bridgehead atoms. The second kappa shape index (κ2) is 4.72. The Balaban J connectivity index is 3.13. The van der Waals surface area contributed by atoms with Crippen molar-refractivity contribution in [1.29, 1.82) is 0 Å². The summed E-state index contributed by atoms with van der Waals surface area (Å²) in [7, 11) is 0. The lowest BCUT2D eigenvalue weighted by Gasteiger charge is -2.19. The Morgan fingerprint density at radius 2 is 1.76 bits per heavy atom. The van der Waals surface area contributed by atoms with Gasteiger partial charge in [-0.05, 0) is 15.9 Å². The maximum atomic E-state index is 10.6. The molecule has 1 aliphatic heterocycles. The molecule has 0 fully saturated rings. The third-order valence-corrected chi connectivity index (χ3v) is 2.70. The van der Waals surface area contributed by atoms with Gasteiger partial charge in [0.05, 0.1) is 4.92 Å². The van der Waals surface area contributed by atoms with E-state index >= 15 is 0 Å². The Kier molecular flexibility index (Phi) is 3.74. The van der Waals surface area contributed by atoms with E-state index in [2.05, 4.69) is 20.9 Å². The molecule has 0 aromatic carbocycles. The standard InChI is InChI=1S/C3H2BrClN6O6/c4-1-6-2(9(12)13)7(8(1)5)3(10(14)15)11(16)17/h2-3H. The SMILES string of the molecule is O=[N+]([O-])C1N=C(Br)N(Cl)N1C([N+](=O)[O-])[N+](=O)[O-]. The molecule has 1 aliphatic rings. The van der Waals surface area contributed by atoms with Crippen molar-refractivity contribution in [2.75, 3.05) is 0 Å². The fraction of sp³-hybridized carbons (Fsp3) is 0.667. The van der Waals surface area contributed by atoms with E-state index < -0.39 is 27.3 Å². The Morgan fingerprint density at radius 1 is 1.29 bits per heavy atom. The summed E-state index contributed by atoms with van der Waals surface area (Å²) in [5.74, 6) is 0. The number of aliphatic imine (C=N–C) groups is 1. The van der Waals surface area contributed by atoms with Crippen LogP contribution in [0.4, 0.5) is 0 Å². The first kappa shape index (κ1) is 13.5. The minimum absolute atomic E-state index is 0.103. The van der Waals surface area contributed by atoms with E-state index in [-0.39, 0.29) is 9.75 Å². The first-order valence-corrected chi connectivity index (χ1v) is 4.78. The van der Waals surface area contributed by atoms with E-state index in [0.717, 1.165) is 0 Å². The minimum Gasteiger partial charge on any atom is -0.261 e. The van der Waals surface area contributed by atoms with Crippen LogP contribution in [-0.2, 0) is 0 Å². The number of hydrazine groups is 1. The van der Waals surface area contributed by atoms with Gasteiger partial charge in [0.15, 0.2) is 0 Å². The summed E-state index contributed by atoms with van der Waals surface area (Å²) in [6, 6.07) is 0. The molecule has 1 rings (SSSR count). The van der Waals surface area contributed by atoms with Crippen molar-refractivity contribution in [1.82, 2.24) is 9.54 Å². The van der Waals surface area contributed by atoms with Crippen LogP contribution < -0.4 is 0 Å². The van der Waals surface area contributed by atoms with Crippen LogP contribution in [0.1, 0.15) is 0 Å². The molecule has 0 saturated heterocycles. The molecular weight excluding hydrogens is 331 g/mol. The molecule has 94 valence electrons. The molecule has 0 saturated carbocycles. The van der Waals surface area contributed by atoms with Crippen LogP contribution in [-0.4, -0.2) is 41.6 Å². The monoisotopic (exact) mass is 332 g/mol. The molecule has 0 N–H and O–H groups in total. The number of halogens is 2. The van der Waals surface area contributed by atoms with Gasteiger partial charge < -0.3 is 0 Å². The molecule has 14 heteroatoms. The van der Waals surface area contributed by atoms with Gasteiger partial charge in [0.2, 0.25) is 4.74 Å². The summed E-state index contributed by atoms with van der Waals surface area (Å²) in [4.78, 5) is 31.1. The van der Waals surface area contributed by atoms with Crippen molar-refractivity contribution in [2.24, 2.45) is 4.99 Å². The van der Waals surface area contributed by atoms with E-state index in [0.29, 0.717) is 4.53 Å². The van der Waals surface area contributed by atoms with Crippen LogP contribution in [0.2, 0.25) is 0 Å². The van der Waals surface area contributed by atoms with Gasteiger partial charge in [-0.2, -0.15) is 9.52 Å². The summed E-state index contributed by atoms with van der Waals surface area (Å²) in [6.45, 7) is 0. The topological polar surface area (TPSA) is 148 Å². The van der Waals surface area contributed by atoms with Crippen LogP contribution in [0.5, 0.6) is 0 Å². The summed E-state index contributed by atoms with van der Waals surface area (Å²) in [5, 5.41) is 31.7. The van der Waals surface area contributed by atoms with Crippen LogP contribution in [0.3, 0.4) is 0 Å². The number of hydrogen-bond donors (Lipinski definition) is 0. The molecule has 1 atom stereocenters. The summed E-state index contributed by atoms with van der Waals surface area (Å²) >= 11 is 8.09. The van der Waals surface area contributed by atoms with Crippen molar-refractivity contribution in [3.05, 3.63) is 30.3 Å². The van der Waals surface area contributed by atoms with Crippen molar-refractivity contribution in [3.8, 4) is 0 Å². The van der Waals surface area contributed by atoms with Gasteiger partial charge in [0.25, 0.3) is 0 Å². The van der Waals surface area contributed by atoms with Gasteiger partial charge in [-0.25, -0.2) is 0 Å². The summed E-state index contributed by atoms with van der Waals surface area (Å²) in [5.41, 5.74) is 0. The van der Waals surface area contributed by atoms with Crippen molar-refractivity contribution >= 4 is 32.5 Å². The Bertz CT molecular complexity index is 401. The lowest BCUT2D eigenvalue weighted by Crippen LogP contribution is -2.55. The normalized spacial score (nSPS) is 20.5. The number of nitro groups is 3. The fourth-order valence-corrected chi connectivity index (χ4v) is 1.58. The molecule has 0 aromatic heterocycles. The second-order valence-corrected chi connectivity index (χ2v) is 3.62. The zero-order chi connectivity index (χ0) is 13.3. The van der Waals surface area contributed by atoms with Crippen LogP contribution in [0, 0.1) is 30.3 Å². The molecule has 1 unspecified atom stereocenters. The first-order valence-electron chi connectivity index (χ1n) is 3.65. The smallest absolute Gasteiger partial charge is 0.261 e. The number of hydrogen-bond acceptors (Lipinski definition) is 9. The average molecular weight is 333 g/mol. The second-order valence-electron chi connectivity index (χ2n) is 2.59. The average Bonchev–Trinajstić information content (AvgIpc) is 2.45. The van der Waals surface area contributed by atoms with Gasteiger partial charge in [-0.3, -0.25) is 30.3 Å². The van der Waals surface area contributed by atoms with Crippen molar-refractivity contribution in [3.63, 3.8) is 0 Å². The van der Waals surface area contributed by atoms with Crippen molar-refractivity contribution in [2.45, 2.75) is 12.6 Å². The van der Waals surface area contributed by atoms with E-state index in [1.54, 1.807) is 0 Å². The largest absolute Gasteiger partial charge is 0.539 e. The molecule has 0 aliphatic carbocycles. The van der Waals surface area contributed by atoms with E-state index in [1.165, 1.54) is 0 Å². The Labute approximate surface area is 105 Å². The Hall–Kier alpha value is -1.60. The lowest BCUT2D eigenvalue weighted by molar-refractivity contribution is -0.787. The van der Waals surface area contributed by atoms with Crippen LogP contribution in [0.25, 0.3) is 0 Å². The van der Waals surface area contributed by atoms with Gasteiger partial charge in [0, 0.05) is 16.8 Å².